The van der Waals surface area contributed by atoms with Crippen LogP contribution in [0.1, 0.15) is 6.92 Å². The van der Waals surface area contributed by atoms with Crippen molar-refractivity contribution in [2.24, 2.45) is 0 Å². The number of fused-ring (bicyclic) bond motifs is 1. The molecule has 1 aliphatic rings. The highest BCUT2D eigenvalue weighted by molar-refractivity contribution is 8.00. The second kappa shape index (κ2) is 8.53. The normalized spacial score (nSPS) is 12.0. The van der Waals surface area contributed by atoms with Gasteiger partial charge in [0.2, 0.25) is 12.7 Å². The summed E-state index contributed by atoms with van der Waals surface area (Å²) in [6.45, 7) is 2.82. The van der Waals surface area contributed by atoms with Crippen LogP contribution in [-0.4, -0.2) is 30.0 Å². The maximum absolute atomic E-state index is 12.2. The Morgan fingerprint density at radius 2 is 2.04 bits per heavy atom. The minimum atomic E-state index is -0.0922. The summed E-state index contributed by atoms with van der Waals surface area (Å²) in [5, 5.41) is 5.34. The monoisotopic (exact) mass is 414 g/mol. The van der Waals surface area contributed by atoms with Crippen molar-refractivity contribution in [1.29, 1.82) is 0 Å². The van der Waals surface area contributed by atoms with E-state index < -0.39 is 0 Å². The number of thioether (sulfide) groups is 1. The number of aromatic nitrogens is 1. The minimum Gasteiger partial charge on any atom is -0.494 e. The van der Waals surface area contributed by atoms with E-state index >= 15 is 0 Å². The lowest BCUT2D eigenvalue weighted by molar-refractivity contribution is -0.113. The van der Waals surface area contributed by atoms with Crippen LogP contribution in [0.2, 0.25) is 0 Å². The van der Waals surface area contributed by atoms with Crippen molar-refractivity contribution in [3.63, 3.8) is 0 Å². The van der Waals surface area contributed by atoms with E-state index in [9.17, 15) is 4.79 Å². The van der Waals surface area contributed by atoms with Crippen molar-refractivity contribution in [3.05, 3.63) is 47.8 Å². The molecule has 0 bridgehead atoms. The molecule has 3 aromatic rings. The molecule has 1 amide bonds. The van der Waals surface area contributed by atoms with Gasteiger partial charge in [0, 0.05) is 15.8 Å². The molecule has 2 heterocycles. The molecule has 144 valence electrons. The van der Waals surface area contributed by atoms with Crippen molar-refractivity contribution in [1.82, 2.24) is 4.98 Å². The van der Waals surface area contributed by atoms with Gasteiger partial charge in [-0.1, -0.05) is 0 Å². The Hall–Kier alpha value is -2.71. The predicted octanol–water partition coefficient (Wildman–Crippen LogP) is 4.67. The number of anilines is 1. The van der Waals surface area contributed by atoms with Gasteiger partial charge in [-0.3, -0.25) is 4.79 Å². The van der Waals surface area contributed by atoms with Crippen LogP contribution in [0.5, 0.6) is 17.2 Å². The molecular weight excluding hydrogens is 396 g/mol. The molecule has 6 nitrogen and oxygen atoms in total. The summed E-state index contributed by atoms with van der Waals surface area (Å²) >= 11 is 2.86. The van der Waals surface area contributed by atoms with Crippen LogP contribution in [0.4, 0.5) is 5.13 Å². The van der Waals surface area contributed by atoms with Crippen molar-refractivity contribution >= 4 is 34.1 Å². The Morgan fingerprint density at radius 1 is 1.21 bits per heavy atom. The highest BCUT2D eigenvalue weighted by Crippen LogP contribution is 2.36. The fourth-order valence-corrected chi connectivity index (χ4v) is 4.06. The van der Waals surface area contributed by atoms with Crippen LogP contribution in [-0.2, 0) is 4.79 Å². The Kier molecular flexibility index (Phi) is 5.68. The number of hydrogen-bond acceptors (Lipinski definition) is 7. The standard InChI is InChI=1S/C20H18N2O4S2/c1-2-24-14-4-6-15(7-5-14)27-11-19(23)22-20-21-16(10-28-20)13-3-8-17-18(9-13)26-12-25-17/h3-10H,2,11-12H2,1H3,(H,21,22,23). The number of thiazole rings is 1. The zero-order chi connectivity index (χ0) is 19.3. The molecule has 0 unspecified atom stereocenters. The molecule has 2 aromatic carbocycles. The summed E-state index contributed by atoms with van der Waals surface area (Å²) in [6.07, 6.45) is 0. The first-order valence-electron chi connectivity index (χ1n) is 8.72. The van der Waals surface area contributed by atoms with Crippen molar-refractivity contribution in [3.8, 4) is 28.5 Å². The molecule has 0 radical (unpaired) electrons. The van der Waals surface area contributed by atoms with E-state index in [1.807, 2.05) is 54.8 Å². The van der Waals surface area contributed by atoms with E-state index in [1.54, 1.807) is 0 Å². The van der Waals surface area contributed by atoms with Gasteiger partial charge in [0.1, 0.15) is 5.75 Å². The predicted molar refractivity (Wildman–Crippen MR) is 111 cm³/mol. The molecule has 8 heteroatoms. The summed E-state index contributed by atoms with van der Waals surface area (Å²) in [5.41, 5.74) is 1.71. The number of ether oxygens (including phenoxy) is 3. The zero-order valence-electron chi connectivity index (χ0n) is 15.1. The van der Waals surface area contributed by atoms with Crippen LogP contribution < -0.4 is 19.5 Å². The summed E-state index contributed by atoms with van der Waals surface area (Å²) in [6, 6.07) is 13.4. The van der Waals surface area contributed by atoms with Crippen molar-refractivity contribution < 1.29 is 19.0 Å². The second-order valence-electron chi connectivity index (χ2n) is 5.85. The Balaban J connectivity index is 1.32. The van der Waals surface area contributed by atoms with E-state index in [1.165, 1.54) is 23.1 Å². The Bertz CT molecular complexity index is 973. The fraction of sp³-hybridized carbons (Fsp3) is 0.200. The van der Waals surface area contributed by atoms with Crippen molar-refractivity contribution in [2.75, 3.05) is 24.5 Å². The quantitative estimate of drug-likeness (QED) is 0.567. The van der Waals surface area contributed by atoms with Gasteiger partial charge in [-0.15, -0.1) is 23.1 Å². The summed E-state index contributed by atoms with van der Waals surface area (Å²) in [7, 11) is 0. The maximum atomic E-state index is 12.2. The molecule has 0 fully saturated rings. The lowest BCUT2D eigenvalue weighted by Gasteiger charge is -2.05. The lowest BCUT2D eigenvalue weighted by Crippen LogP contribution is -2.13. The highest BCUT2D eigenvalue weighted by atomic mass is 32.2. The summed E-state index contributed by atoms with van der Waals surface area (Å²) in [4.78, 5) is 17.7. The van der Waals surface area contributed by atoms with Crippen molar-refractivity contribution in [2.45, 2.75) is 11.8 Å². The number of carbonyl (C=O) groups excluding carboxylic acids is 1. The number of nitrogens with one attached hydrogen (secondary N) is 1. The van der Waals surface area contributed by atoms with E-state index in [4.69, 9.17) is 14.2 Å². The molecule has 1 aromatic heterocycles. The van der Waals surface area contributed by atoms with Gasteiger partial charge in [-0.2, -0.15) is 0 Å². The Morgan fingerprint density at radius 3 is 2.86 bits per heavy atom. The third kappa shape index (κ3) is 4.40. The van der Waals surface area contributed by atoms with Gasteiger partial charge >= 0.3 is 0 Å². The summed E-state index contributed by atoms with van der Waals surface area (Å²) in [5.74, 6) is 2.50. The van der Waals surface area contributed by atoms with Gasteiger partial charge in [0.15, 0.2) is 16.6 Å². The number of amides is 1. The van der Waals surface area contributed by atoms with Gasteiger partial charge in [-0.05, 0) is 49.4 Å². The largest absolute Gasteiger partial charge is 0.494 e. The number of carbonyl (C=O) groups is 1. The number of nitrogens with zero attached hydrogens (tertiary/aromatic N) is 1. The third-order valence-corrected chi connectivity index (χ3v) is 5.69. The number of hydrogen-bond donors (Lipinski definition) is 1. The van der Waals surface area contributed by atoms with Crippen LogP contribution in [0.3, 0.4) is 0 Å². The molecule has 0 atom stereocenters. The molecular formula is C20H18N2O4S2. The molecule has 28 heavy (non-hydrogen) atoms. The first kappa shape index (κ1) is 18.6. The van der Waals surface area contributed by atoms with Crippen LogP contribution >= 0.6 is 23.1 Å². The average Bonchev–Trinajstić information content (AvgIpc) is 3.36. The van der Waals surface area contributed by atoms with Gasteiger partial charge < -0.3 is 19.5 Å². The van der Waals surface area contributed by atoms with E-state index in [-0.39, 0.29) is 12.7 Å². The number of rotatable bonds is 7. The zero-order valence-corrected chi connectivity index (χ0v) is 16.8. The van der Waals surface area contributed by atoms with E-state index in [0.717, 1.165) is 27.7 Å². The average molecular weight is 415 g/mol. The molecule has 4 rings (SSSR count). The molecule has 0 spiro atoms. The topological polar surface area (TPSA) is 69.7 Å². The SMILES string of the molecule is CCOc1ccc(SCC(=O)Nc2nc(-c3ccc4c(c3)OCO4)cs2)cc1. The third-order valence-electron chi connectivity index (χ3n) is 3.92. The smallest absolute Gasteiger partial charge is 0.236 e. The lowest BCUT2D eigenvalue weighted by atomic mass is 10.1. The molecule has 0 saturated carbocycles. The maximum Gasteiger partial charge on any atom is 0.236 e. The van der Waals surface area contributed by atoms with Crippen LogP contribution in [0.25, 0.3) is 11.3 Å². The fourth-order valence-electron chi connectivity index (χ4n) is 2.62. The van der Waals surface area contributed by atoms with Gasteiger partial charge in [0.05, 0.1) is 18.1 Å². The van der Waals surface area contributed by atoms with Gasteiger partial charge in [0.25, 0.3) is 0 Å². The number of benzene rings is 2. The van der Waals surface area contributed by atoms with E-state index in [0.29, 0.717) is 23.2 Å². The van der Waals surface area contributed by atoms with Crippen LogP contribution in [0, 0.1) is 0 Å². The van der Waals surface area contributed by atoms with E-state index in [2.05, 4.69) is 10.3 Å². The van der Waals surface area contributed by atoms with Gasteiger partial charge in [-0.25, -0.2) is 4.98 Å². The summed E-state index contributed by atoms with van der Waals surface area (Å²) < 4.78 is 16.1. The molecule has 1 N–H and O–H groups in total. The second-order valence-corrected chi connectivity index (χ2v) is 7.75. The highest BCUT2D eigenvalue weighted by Gasteiger charge is 2.15. The van der Waals surface area contributed by atoms with Crippen LogP contribution in [0.15, 0.2) is 52.7 Å². The molecule has 1 aliphatic heterocycles. The first-order chi connectivity index (χ1) is 13.7. The first-order valence-corrected chi connectivity index (χ1v) is 10.6. The minimum absolute atomic E-state index is 0.0922. The molecule has 0 saturated heterocycles. The molecule has 0 aliphatic carbocycles. The Labute approximate surface area is 170 Å².